The van der Waals surface area contributed by atoms with Gasteiger partial charge < -0.3 is 10.6 Å². The number of aromatic nitrogens is 3. The van der Waals surface area contributed by atoms with Gasteiger partial charge >= 0.3 is 0 Å². The van der Waals surface area contributed by atoms with E-state index < -0.39 is 0 Å². The third-order valence-corrected chi connectivity index (χ3v) is 4.07. The minimum Gasteiger partial charge on any atom is -0.352 e. The fourth-order valence-electron chi connectivity index (χ4n) is 2.82. The molecule has 1 aromatic carbocycles. The largest absolute Gasteiger partial charge is 0.352 e. The van der Waals surface area contributed by atoms with Crippen LogP contribution in [0.4, 0.5) is 0 Å². The van der Waals surface area contributed by atoms with Gasteiger partial charge in [0.25, 0.3) is 0 Å². The number of aryl methyl sites for hydroxylation is 2. The quantitative estimate of drug-likeness (QED) is 0.653. The topological polar surface area (TPSA) is 90.9 Å². The Balaban J connectivity index is 1.54. The van der Waals surface area contributed by atoms with Crippen molar-refractivity contribution in [2.45, 2.75) is 38.9 Å². The maximum atomic E-state index is 8.83. The van der Waals surface area contributed by atoms with Gasteiger partial charge in [0.1, 0.15) is 11.6 Å². The van der Waals surface area contributed by atoms with Crippen LogP contribution < -0.4 is 10.6 Å². The summed E-state index contributed by atoms with van der Waals surface area (Å²) in [6.07, 6.45) is 1.93. The third-order valence-electron chi connectivity index (χ3n) is 4.07. The highest BCUT2D eigenvalue weighted by Gasteiger charge is 2.21. The minimum atomic E-state index is 0.283. The molecule has 0 saturated carbocycles. The normalized spacial score (nSPS) is 17.0. The van der Waals surface area contributed by atoms with Crippen LogP contribution in [0.25, 0.3) is 0 Å². The first kappa shape index (κ1) is 16.0. The molecule has 2 heterocycles. The first-order chi connectivity index (χ1) is 11.7. The summed E-state index contributed by atoms with van der Waals surface area (Å²) in [6.45, 7) is 3.38. The van der Waals surface area contributed by atoms with Crippen LogP contribution in [0.15, 0.2) is 29.3 Å². The maximum absolute atomic E-state index is 8.83. The summed E-state index contributed by atoms with van der Waals surface area (Å²) in [5, 5.41) is 20.0. The minimum absolute atomic E-state index is 0.283. The highest BCUT2D eigenvalue weighted by Crippen LogP contribution is 2.12. The average Bonchev–Trinajstić information content (AvgIpc) is 2.98. The second-order valence-electron chi connectivity index (χ2n) is 5.87. The molecule has 2 aromatic rings. The van der Waals surface area contributed by atoms with E-state index >= 15 is 0 Å². The van der Waals surface area contributed by atoms with Gasteiger partial charge in [0, 0.05) is 26.1 Å². The van der Waals surface area contributed by atoms with Crippen LogP contribution in [0.3, 0.4) is 0 Å². The van der Waals surface area contributed by atoms with Crippen molar-refractivity contribution in [1.82, 2.24) is 25.4 Å². The van der Waals surface area contributed by atoms with Crippen LogP contribution in [0.5, 0.6) is 0 Å². The van der Waals surface area contributed by atoms with Crippen molar-refractivity contribution in [1.29, 1.82) is 5.26 Å². The monoisotopic (exact) mass is 323 g/mol. The van der Waals surface area contributed by atoms with Gasteiger partial charge in [-0.2, -0.15) is 10.4 Å². The van der Waals surface area contributed by atoms with Crippen molar-refractivity contribution in [2.75, 3.05) is 7.05 Å². The Morgan fingerprint density at radius 2 is 2.21 bits per heavy atom. The molecule has 2 N–H and O–H groups in total. The molecule has 0 radical (unpaired) electrons. The molecule has 7 nitrogen and oxygen atoms in total. The fourth-order valence-corrected chi connectivity index (χ4v) is 2.82. The van der Waals surface area contributed by atoms with Gasteiger partial charge in [0.15, 0.2) is 5.96 Å². The third kappa shape index (κ3) is 3.71. The summed E-state index contributed by atoms with van der Waals surface area (Å²) in [7, 11) is 1.77. The molecule has 1 aliphatic heterocycles. The summed E-state index contributed by atoms with van der Waals surface area (Å²) in [5.41, 5.74) is 1.78. The van der Waals surface area contributed by atoms with E-state index in [1.807, 2.05) is 35.9 Å². The summed E-state index contributed by atoms with van der Waals surface area (Å²) < 4.78 is 1.98. The van der Waals surface area contributed by atoms with E-state index in [-0.39, 0.29) is 6.04 Å². The van der Waals surface area contributed by atoms with Gasteiger partial charge in [0.2, 0.25) is 0 Å². The molecule has 0 amide bonds. The second-order valence-corrected chi connectivity index (χ2v) is 5.87. The van der Waals surface area contributed by atoms with E-state index in [9.17, 15) is 0 Å². The van der Waals surface area contributed by atoms with Crippen molar-refractivity contribution < 1.29 is 0 Å². The number of rotatable bonds is 3. The lowest BCUT2D eigenvalue weighted by Crippen LogP contribution is -2.46. The van der Waals surface area contributed by atoms with E-state index in [4.69, 9.17) is 5.26 Å². The summed E-state index contributed by atoms with van der Waals surface area (Å²) in [6, 6.07) is 9.95. The van der Waals surface area contributed by atoms with Crippen LogP contribution in [0.1, 0.15) is 29.2 Å². The van der Waals surface area contributed by atoms with Crippen LogP contribution in [0, 0.1) is 18.3 Å². The lowest BCUT2D eigenvalue weighted by Gasteiger charge is -2.25. The molecular weight excluding hydrogens is 302 g/mol. The maximum Gasteiger partial charge on any atom is 0.191 e. The summed E-state index contributed by atoms with van der Waals surface area (Å²) >= 11 is 0. The molecule has 0 saturated heterocycles. The second kappa shape index (κ2) is 7.13. The average molecular weight is 323 g/mol. The van der Waals surface area contributed by atoms with Crippen LogP contribution in [-0.2, 0) is 19.5 Å². The molecular formula is C17H21N7. The number of hydrogen-bond acceptors (Lipinski definition) is 4. The number of nitrogens with zero attached hydrogens (tertiary/aromatic N) is 5. The molecule has 3 rings (SSSR count). The number of guanidine groups is 1. The molecule has 1 atom stereocenters. The zero-order valence-electron chi connectivity index (χ0n) is 14.0. The fraction of sp³-hybridized carbons (Fsp3) is 0.412. The van der Waals surface area contributed by atoms with Gasteiger partial charge in [-0.05, 0) is 31.0 Å². The van der Waals surface area contributed by atoms with Crippen molar-refractivity contribution in [3.63, 3.8) is 0 Å². The molecule has 124 valence electrons. The van der Waals surface area contributed by atoms with Crippen LogP contribution in [-0.4, -0.2) is 33.8 Å². The van der Waals surface area contributed by atoms with E-state index in [0.29, 0.717) is 12.1 Å². The van der Waals surface area contributed by atoms with Gasteiger partial charge in [0.05, 0.1) is 18.2 Å². The van der Waals surface area contributed by atoms with Crippen molar-refractivity contribution in [3.8, 4) is 6.07 Å². The molecule has 7 heteroatoms. The molecule has 0 fully saturated rings. The highest BCUT2D eigenvalue weighted by molar-refractivity contribution is 5.79. The van der Waals surface area contributed by atoms with Gasteiger partial charge in [-0.1, -0.05) is 12.1 Å². The lowest BCUT2D eigenvalue weighted by atomic mass is 10.1. The number of hydrogen-bond donors (Lipinski definition) is 2. The molecule has 0 bridgehead atoms. The molecule has 1 aliphatic rings. The Morgan fingerprint density at radius 3 is 2.92 bits per heavy atom. The number of fused-ring (bicyclic) bond motifs is 1. The van der Waals surface area contributed by atoms with E-state index in [1.165, 1.54) is 0 Å². The standard InChI is InChI=1S/C17H21N7/c1-12-21-16-8-7-15(11-24(16)23-12)22-17(19-2)20-10-14-5-3-13(9-18)4-6-14/h3-6,15H,7-8,10-11H2,1-2H3,(H2,19,20,22). The van der Waals surface area contributed by atoms with Crippen LogP contribution >= 0.6 is 0 Å². The Kier molecular flexibility index (Phi) is 4.75. The molecule has 1 aromatic heterocycles. The van der Waals surface area contributed by atoms with Crippen molar-refractivity contribution >= 4 is 5.96 Å². The molecule has 0 spiro atoms. The Labute approximate surface area is 141 Å². The predicted octanol–water partition coefficient (Wildman–Crippen LogP) is 1.14. The van der Waals surface area contributed by atoms with E-state index in [0.717, 1.165) is 42.6 Å². The van der Waals surface area contributed by atoms with Gasteiger partial charge in [-0.25, -0.2) is 9.67 Å². The summed E-state index contributed by atoms with van der Waals surface area (Å²) in [4.78, 5) is 8.72. The number of nitriles is 1. The van der Waals surface area contributed by atoms with E-state index in [1.54, 1.807) is 7.05 Å². The number of aliphatic imine (C=N–C) groups is 1. The van der Waals surface area contributed by atoms with Crippen molar-refractivity contribution in [3.05, 3.63) is 47.0 Å². The molecule has 0 aliphatic carbocycles. The zero-order valence-corrected chi connectivity index (χ0v) is 14.0. The SMILES string of the molecule is CN=C(NCc1ccc(C#N)cc1)NC1CCc2nc(C)nn2C1. The van der Waals surface area contributed by atoms with Crippen molar-refractivity contribution in [2.24, 2.45) is 4.99 Å². The molecule has 1 unspecified atom stereocenters. The van der Waals surface area contributed by atoms with Gasteiger partial charge in [-0.15, -0.1) is 0 Å². The molecule has 24 heavy (non-hydrogen) atoms. The van der Waals surface area contributed by atoms with Gasteiger partial charge in [-0.3, -0.25) is 4.99 Å². The number of nitrogens with one attached hydrogen (secondary N) is 2. The Morgan fingerprint density at radius 1 is 1.42 bits per heavy atom. The zero-order chi connectivity index (χ0) is 16.9. The smallest absolute Gasteiger partial charge is 0.191 e. The van der Waals surface area contributed by atoms with E-state index in [2.05, 4.69) is 31.8 Å². The van der Waals surface area contributed by atoms with Crippen LogP contribution in [0.2, 0.25) is 0 Å². The predicted molar refractivity (Wildman–Crippen MR) is 91.4 cm³/mol. The first-order valence-corrected chi connectivity index (χ1v) is 8.04. The Bertz CT molecular complexity index is 767. The highest BCUT2D eigenvalue weighted by atomic mass is 15.4. The first-order valence-electron chi connectivity index (χ1n) is 8.04. The number of benzene rings is 1. The lowest BCUT2D eigenvalue weighted by molar-refractivity contribution is 0.392. The Hall–Kier alpha value is -2.88. The summed E-state index contributed by atoms with van der Waals surface area (Å²) in [5.74, 6) is 2.66.